The lowest BCUT2D eigenvalue weighted by Gasteiger charge is -2.12. The van der Waals surface area contributed by atoms with E-state index in [1.807, 2.05) is 12.2 Å². The fourth-order valence-electron chi connectivity index (χ4n) is 1.99. The maximum atomic E-state index is 12.3. The topological polar surface area (TPSA) is 79.5 Å². The van der Waals surface area contributed by atoms with Gasteiger partial charge in [-0.1, -0.05) is 0 Å². The van der Waals surface area contributed by atoms with Gasteiger partial charge in [-0.25, -0.2) is 13.6 Å². The van der Waals surface area contributed by atoms with Gasteiger partial charge in [0.25, 0.3) is 5.91 Å². The Morgan fingerprint density at radius 1 is 1.36 bits per heavy atom. The molecule has 1 aromatic carbocycles. The number of aliphatic carboxylic acids is 1. The molecule has 1 heterocycles. The van der Waals surface area contributed by atoms with Crippen LogP contribution in [0, 0.1) is 6.92 Å². The molecule has 0 spiro atoms. The fourth-order valence-corrected chi connectivity index (χ4v) is 2.66. The molecular weight excluding hydrogens is 364 g/mol. The quantitative estimate of drug-likeness (QED) is 0.839. The van der Waals surface area contributed by atoms with Gasteiger partial charge in [0.05, 0.1) is 4.47 Å². The van der Waals surface area contributed by atoms with Crippen molar-refractivity contribution in [3.05, 3.63) is 34.0 Å². The smallest absolute Gasteiger partial charge is 0.326 e. The van der Waals surface area contributed by atoms with E-state index in [1.165, 1.54) is 6.07 Å². The summed E-state index contributed by atoms with van der Waals surface area (Å²) in [7, 11) is 0. The summed E-state index contributed by atoms with van der Waals surface area (Å²) in [5.41, 5.74) is 1.37. The van der Waals surface area contributed by atoms with Crippen LogP contribution in [0.2, 0.25) is 0 Å². The molecule has 1 unspecified atom stereocenters. The number of rotatable bonds is 5. The van der Waals surface area contributed by atoms with Gasteiger partial charge >= 0.3 is 5.97 Å². The van der Waals surface area contributed by atoms with Crippen LogP contribution in [0.15, 0.2) is 27.1 Å². The van der Waals surface area contributed by atoms with Crippen molar-refractivity contribution >= 4 is 38.8 Å². The van der Waals surface area contributed by atoms with E-state index in [9.17, 15) is 18.4 Å². The van der Waals surface area contributed by atoms with Gasteiger partial charge in [-0.3, -0.25) is 4.79 Å². The number of halogens is 3. The van der Waals surface area contributed by atoms with Gasteiger partial charge in [0.1, 0.15) is 11.6 Å². The van der Waals surface area contributed by atoms with Crippen LogP contribution in [0.3, 0.4) is 0 Å². The van der Waals surface area contributed by atoms with Crippen LogP contribution in [0.25, 0.3) is 11.0 Å². The molecule has 0 aliphatic heterocycles. The van der Waals surface area contributed by atoms with Crippen LogP contribution in [-0.4, -0.2) is 29.5 Å². The predicted octanol–water partition coefficient (Wildman–Crippen LogP) is 3.34. The number of carbonyl (C=O) groups excluding carboxylic acids is 1. The lowest BCUT2D eigenvalue weighted by Crippen LogP contribution is -2.41. The second-order valence-corrected chi connectivity index (χ2v) is 5.62. The summed E-state index contributed by atoms with van der Waals surface area (Å²) in [5.74, 6) is -2.52. The molecule has 2 N–H and O–H groups in total. The Hall–Kier alpha value is -1.96. The molecule has 0 radical (unpaired) electrons. The number of carboxylic acid groups (broad SMARTS) is 1. The number of amides is 1. The average Bonchev–Trinajstić information content (AvgIpc) is 2.81. The summed E-state index contributed by atoms with van der Waals surface area (Å²) in [4.78, 5) is 22.9. The van der Waals surface area contributed by atoms with Crippen molar-refractivity contribution < 1.29 is 27.9 Å². The zero-order valence-corrected chi connectivity index (χ0v) is 13.0. The fraction of sp³-hybridized carbons (Fsp3) is 0.286. The van der Waals surface area contributed by atoms with E-state index in [4.69, 9.17) is 9.52 Å². The number of carboxylic acids is 1. The number of alkyl halides is 2. The zero-order valence-electron chi connectivity index (χ0n) is 11.4. The maximum absolute atomic E-state index is 12.3. The summed E-state index contributed by atoms with van der Waals surface area (Å²) in [5, 5.41) is 11.5. The first-order valence-corrected chi connectivity index (χ1v) is 7.08. The van der Waals surface area contributed by atoms with E-state index in [1.54, 1.807) is 12.1 Å². The van der Waals surface area contributed by atoms with Gasteiger partial charge in [-0.05, 0) is 46.6 Å². The Morgan fingerprint density at radius 3 is 2.64 bits per heavy atom. The number of carbonyl (C=O) groups is 2. The van der Waals surface area contributed by atoms with Crippen LogP contribution in [-0.2, 0) is 4.79 Å². The van der Waals surface area contributed by atoms with Crippen molar-refractivity contribution in [2.45, 2.75) is 25.8 Å². The third-order valence-corrected chi connectivity index (χ3v) is 3.55. The van der Waals surface area contributed by atoms with Gasteiger partial charge in [0.2, 0.25) is 6.43 Å². The molecule has 0 fully saturated rings. The molecule has 0 aliphatic rings. The van der Waals surface area contributed by atoms with E-state index < -0.39 is 30.8 Å². The van der Waals surface area contributed by atoms with Crippen LogP contribution >= 0.6 is 15.9 Å². The number of nitrogens with one attached hydrogen (secondary N) is 1. The first-order valence-electron chi connectivity index (χ1n) is 6.29. The third kappa shape index (κ3) is 3.62. The van der Waals surface area contributed by atoms with E-state index in [-0.39, 0.29) is 5.76 Å². The molecule has 2 aromatic rings. The minimum absolute atomic E-state index is 0.137. The number of furan rings is 1. The van der Waals surface area contributed by atoms with Gasteiger partial charge in [-0.2, -0.15) is 0 Å². The number of aryl methyl sites for hydroxylation is 1. The summed E-state index contributed by atoms with van der Waals surface area (Å²) >= 11 is 3.30. The molecule has 0 aliphatic carbocycles. The van der Waals surface area contributed by atoms with E-state index >= 15 is 0 Å². The van der Waals surface area contributed by atoms with Crippen molar-refractivity contribution in [3.8, 4) is 0 Å². The molecule has 2 rings (SSSR count). The number of fused-ring (bicyclic) bond motifs is 1. The highest BCUT2D eigenvalue weighted by molar-refractivity contribution is 9.10. The van der Waals surface area contributed by atoms with Crippen LogP contribution in [0.5, 0.6) is 0 Å². The SMILES string of the molecule is Cc1cc(Br)c2oc(C(=O)NC(CC(F)F)C(=O)O)cc2c1. The van der Waals surface area contributed by atoms with Crippen molar-refractivity contribution in [1.82, 2.24) is 5.32 Å². The molecule has 1 aromatic heterocycles. The van der Waals surface area contributed by atoms with Crippen LogP contribution in [0.4, 0.5) is 8.78 Å². The molecule has 1 atom stereocenters. The summed E-state index contributed by atoms with van der Waals surface area (Å²) in [6.45, 7) is 1.86. The minimum atomic E-state index is -2.84. The van der Waals surface area contributed by atoms with E-state index in [0.29, 0.717) is 15.4 Å². The maximum Gasteiger partial charge on any atom is 0.326 e. The molecule has 0 bridgehead atoms. The zero-order chi connectivity index (χ0) is 16.4. The monoisotopic (exact) mass is 375 g/mol. The highest BCUT2D eigenvalue weighted by Crippen LogP contribution is 2.28. The second kappa shape index (κ2) is 6.43. The predicted molar refractivity (Wildman–Crippen MR) is 78.2 cm³/mol. The lowest BCUT2D eigenvalue weighted by atomic mass is 10.2. The van der Waals surface area contributed by atoms with Crippen molar-refractivity contribution in [3.63, 3.8) is 0 Å². The Morgan fingerprint density at radius 2 is 2.05 bits per heavy atom. The second-order valence-electron chi connectivity index (χ2n) is 4.77. The first kappa shape index (κ1) is 16.4. The molecule has 118 valence electrons. The number of hydrogen-bond donors (Lipinski definition) is 2. The standard InChI is InChI=1S/C14H12BrF2NO4/c1-6-2-7-4-10(22-12(7)8(15)3-6)13(19)18-9(14(20)21)5-11(16)17/h2-4,9,11H,5H2,1H3,(H,18,19)(H,20,21). The van der Waals surface area contributed by atoms with Gasteiger partial charge in [-0.15, -0.1) is 0 Å². The van der Waals surface area contributed by atoms with Crippen molar-refractivity contribution in [1.29, 1.82) is 0 Å². The summed E-state index contributed by atoms with van der Waals surface area (Å²) in [6, 6.07) is 3.34. The van der Waals surface area contributed by atoms with E-state index in [0.717, 1.165) is 5.56 Å². The highest BCUT2D eigenvalue weighted by atomic mass is 79.9. The first-order chi connectivity index (χ1) is 10.3. The normalized spacial score (nSPS) is 12.6. The third-order valence-electron chi connectivity index (χ3n) is 2.96. The lowest BCUT2D eigenvalue weighted by molar-refractivity contribution is -0.140. The van der Waals surface area contributed by atoms with Gasteiger partial charge in [0, 0.05) is 11.8 Å². The minimum Gasteiger partial charge on any atom is -0.480 e. The average molecular weight is 376 g/mol. The summed E-state index contributed by atoms with van der Waals surface area (Å²) < 4.78 is 30.6. The highest BCUT2D eigenvalue weighted by Gasteiger charge is 2.26. The molecular formula is C14H12BrF2NO4. The van der Waals surface area contributed by atoms with Gasteiger partial charge in [0.15, 0.2) is 5.76 Å². The Kier molecular flexibility index (Phi) is 4.80. The largest absolute Gasteiger partial charge is 0.480 e. The summed E-state index contributed by atoms with van der Waals surface area (Å²) in [6.07, 6.45) is -3.81. The number of benzene rings is 1. The molecule has 0 saturated heterocycles. The molecule has 5 nitrogen and oxygen atoms in total. The Balaban J connectivity index is 2.25. The Labute approximate surface area is 132 Å². The van der Waals surface area contributed by atoms with E-state index in [2.05, 4.69) is 15.9 Å². The molecule has 22 heavy (non-hydrogen) atoms. The van der Waals surface area contributed by atoms with Crippen molar-refractivity contribution in [2.75, 3.05) is 0 Å². The van der Waals surface area contributed by atoms with Crippen molar-refractivity contribution in [2.24, 2.45) is 0 Å². The molecule has 0 saturated carbocycles. The van der Waals surface area contributed by atoms with Crippen LogP contribution in [0.1, 0.15) is 22.5 Å². The van der Waals surface area contributed by atoms with Gasteiger partial charge < -0.3 is 14.8 Å². The Bertz CT molecular complexity index is 729. The molecule has 1 amide bonds. The number of hydrogen-bond acceptors (Lipinski definition) is 3. The molecule has 8 heteroatoms. The van der Waals surface area contributed by atoms with Crippen LogP contribution < -0.4 is 5.32 Å².